The molecule has 2 aromatic carbocycles. The number of amides is 2. The molecule has 0 aromatic heterocycles. The van der Waals surface area contributed by atoms with Crippen molar-refractivity contribution in [1.29, 1.82) is 0 Å². The Hall–Kier alpha value is -1.89. The lowest BCUT2D eigenvalue weighted by atomic mass is 9.76. The minimum absolute atomic E-state index is 0. The Balaban J connectivity index is 0.00000353. The van der Waals surface area contributed by atoms with E-state index < -0.39 is 0 Å². The third kappa shape index (κ3) is 6.55. The third-order valence-electron chi connectivity index (χ3n) is 9.51. The van der Waals surface area contributed by atoms with E-state index in [-0.39, 0.29) is 23.7 Å². The Morgan fingerprint density at radius 1 is 0.949 bits per heavy atom. The van der Waals surface area contributed by atoms with Crippen LogP contribution in [0.15, 0.2) is 59.1 Å². The van der Waals surface area contributed by atoms with Crippen molar-refractivity contribution in [2.45, 2.75) is 58.4 Å². The first-order valence-electron chi connectivity index (χ1n) is 14.5. The number of piperidine rings is 1. The maximum absolute atomic E-state index is 13.5. The van der Waals surface area contributed by atoms with Crippen LogP contribution in [-0.4, -0.2) is 65.8 Å². The van der Waals surface area contributed by atoms with Crippen molar-refractivity contribution in [3.05, 3.63) is 70.2 Å². The van der Waals surface area contributed by atoms with Gasteiger partial charge in [-0.25, -0.2) is 0 Å². The lowest BCUT2D eigenvalue weighted by Crippen LogP contribution is -2.46. The van der Waals surface area contributed by atoms with Gasteiger partial charge in [-0.1, -0.05) is 72.2 Å². The summed E-state index contributed by atoms with van der Waals surface area (Å²) in [4.78, 5) is 33.6. The zero-order valence-electron chi connectivity index (χ0n) is 23.4. The maximum atomic E-state index is 13.5. The van der Waals surface area contributed by atoms with E-state index in [4.69, 9.17) is 0 Å². The quantitative estimate of drug-likeness (QED) is 0.347. The highest BCUT2D eigenvalue weighted by Crippen LogP contribution is 2.43. The van der Waals surface area contributed by atoms with Crippen LogP contribution in [0.4, 0.5) is 0 Å². The lowest BCUT2D eigenvalue weighted by molar-refractivity contribution is -0.139. The van der Waals surface area contributed by atoms with Crippen LogP contribution in [0.25, 0.3) is 0 Å². The average Bonchev–Trinajstić information content (AvgIpc) is 3.49. The molecule has 2 unspecified atom stereocenters. The Morgan fingerprint density at radius 3 is 2.23 bits per heavy atom. The summed E-state index contributed by atoms with van der Waals surface area (Å²) in [5.41, 5.74) is 2.36. The van der Waals surface area contributed by atoms with Crippen LogP contribution < -0.4 is 0 Å². The molecule has 39 heavy (non-hydrogen) atoms. The number of rotatable bonds is 8. The molecule has 7 heteroatoms. The van der Waals surface area contributed by atoms with Crippen molar-refractivity contribution >= 4 is 40.2 Å². The molecular formula is C32H43BrClN3O2. The molecule has 5 nitrogen and oxygen atoms in total. The number of hydrogen-bond acceptors (Lipinski definition) is 3. The summed E-state index contributed by atoms with van der Waals surface area (Å²) in [5, 5.41) is 0. The Labute approximate surface area is 248 Å². The fourth-order valence-corrected chi connectivity index (χ4v) is 7.29. The van der Waals surface area contributed by atoms with Crippen LogP contribution >= 0.6 is 28.3 Å². The molecular weight excluding hydrogens is 574 g/mol. The fraction of sp³-hybridized carbons (Fsp3) is 0.562. The van der Waals surface area contributed by atoms with Gasteiger partial charge in [0.05, 0.1) is 5.41 Å². The normalized spacial score (nSPS) is 23.0. The van der Waals surface area contributed by atoms with Crippen molar-refractivity contribution in [2.24, 2.45) is 17.3 Å². The summed E-state index contributed by atoms with van der Waals surface area (Å²) in [7, 11) is 0. The van der Waals surface area contributed by atoms with Gasteiger partial charge >= 0.3 is 0 Å². The van der Waals surface area contributed by atoms with Gasteiger partial charge in [0.1, 0.15) is 0 Å². The van der Waals surface area contributed by atoms with Crippen molar-refractivity contribution in [1.82, 2.24) is 14.7 Å². The Morgan fingerprint density at radius 2 is 1.59 bits per heavy atom. The van der Waals surface area contributed by atoms with Gasteiger partial charge in [0, 0.05) is 49.0 Å². The summed E-state index contributed by atoms with van der Waals surface area (Å²) in [6.07, 6.45) is 4.69. The van der Waals surface area contributed by atoms with Crippen LogP contribution in [0.2, 0.25) is 0 Å². The van der Waals surface area contributed by atoms with Crippen LogP contribution in [0, 0.1) is 17.3 Å². The molecule has 3 saturated heterocycles. The van der Waals surface area contributed by atoms with E-state index in [1.807, 2.05) is 0 Å². The molecule has 1 spiro atoms. The number of benzene rings is 2. The van der Waals surface area contributed by atoms with Crippen LogP contribution in [0.1, 0.15) is 63.0 Å². The minimum Gasteiger partial charge on any atom is -0.341 e. The summed E-state index contributed by atoms with van der Waals surface area (Å²) < 4.78 is 1.07. The van der Waals surface area contributed by atoms with E-state index in [1.165, 1.54) is 11.1 Å². The lowest BCUT2D eigenvalue weighted by Gasteiger charge is -2.39. The third-order valence-corrected chi connectivity index (χ3v) is 10.0. The van der Waals surface area contributed by atoms with E-state index in [2.05, 4.69) is 99.1 Å². The largest absolute Gasteiger partial charge is 0.341 e. The highest BCUT2D eigenvalue weighted by atomic mass is 79.9. The van der Waals surface area contributed by atoms with Gasteiger partial charge in [-0.2, -0.15) is 0 Å². The first-order valence-corrected chi connectivity index (χ1v) is 15.3. The molecule has 2 amide bonds. The minimum atomic E-state index is -0.183. The molecule has 3 fully saturated rings. The fourth-order valence-electron chi connectivity index (χ4n) is 7.02. The maximum Gasteiger partial charge on any atom is 0.229 e. The van der Waals surface area contributed by atoms with Crippen molar-refractivity contribution < 1.29 is 9.59 Å². The number of halogens is 2. The highest BCUT2D eigenvalue weighted by Gasteiger charge is 2.48. The van der Waals surface area contributed by atoms with Gasteiger partial charge in [0.15, 0.2) is 0 Å². The van der Waals surface area contributed by atoms with Crippen LogP contribution in [0.5, 0.6) is 0 Å². The molecule has 3 aliphatic rings. The Bertz CT molecular complexity index is 1100. The van der Waals surface area contributed by atoms with Gasteiger partial charge in [-0.15, -0.1) is 12.4 Å². The number of nitrogens with zero attached hydrogens (tertiary/aromatic N) is 3. The average molecular weight is 617 g/mol. The van der Waals surface area contributed by atoms with Crippen molar-refractivity contribution in [3.8, 4) is 0 Å². The molecule has 2 atom stereocenters. The number of likely N-dealkylation sites (tertiary alicyclic amines) is 3. The molecule has 0 saturated carbocycles. The molecule has 0 radical (unpaired) electrons. The van der Waals surface area contributed by atoms with E-state index in [1.54, 1.807) is 0 Å². The van der Waals surface area contributed by atoms with Gasteiger partial charge in [-0.3, -0.25) is 9.59 Å². The highest BCUT2D eigenvalue weighted by molar-refractivity contribution is 9.10. The van der Waals surface area contributed by atoms with Crippen LogP contribution in [0.3, 0.4) is 0 Å². The van der Waals surface area contributed by atoms with Gasteiger partial charge in [0.25, 0.3) is 0 Å². The SMILES string of the molecule is CCC(CC)C(=O)N1CC(CN2CCC3(CC2)CCN(Cc2ccc(Br)cc2)C3=O)C(c2ccccc2)C1.Cl. The van der Waals surface area contributed by atoms with Gasteiger partial charge < -0.3 is 14.7 Å². The number of carbonyl (C=O) groups excluding carboxylic acids is 2. The van der Waals surface area contributed by atoms with Crippen molar-refractivity contribution in [2.75, 3.05) is 39.3 Å². The van der Waals surface area contributed by atoms with E-state index >= 15 is 0 Å². The molecule has 0 aliphatic carbocycles. The predicted molar refractivity (Wildman–Crippen MR) is 163 cm³/mol. The van der Waals surface area contributed by atoms with Crippen LogP contribution in [-0.2, 0) is 16.1 Å². The second kappa shape index (κ2) is 13.2. The first kappa shape index (κ1) is 30.1. The van der Waals surface area contributed by atoms with Crippen molar-refractivity contribution in [3.63, 3.8) is 0 Å². The number of hydrogen-bond donors (Lipinski definition) is 0. The standard InChI is InChI=1S/C32H42BrN3O2.ClH/c1-3-25(4-2)30(37)36-22-27(29(23-36)26-8-6-5-7-9-26)21-34-17-14-32(15-18-34)16-19-35(31(32)38)20-24-10-12-28(33)13-11-24;/h5-13,25,27,29H,3-4,14-23H2,1-2H3;1H. The summed E-state index contributed by atoms with van der Waals surface area (Å²) in [6, 6.07) is 19.1. The summed E-state index contributed by atoms with van der Waals surface area (Å²) >= 11 is 3.50. The van der Waals surface area contributed by atoms with E-state index in [0.29, 0.717) is 30.2 Å². The van der Waals surface area contributed by atoms with E-state index in [9.17, 15) is 9.59 Å². The molecule has 5 rings (SSSR count). The molecule has 3 aliphatic heterocycles. The zero-order chi connectivity index (χ0) is 26.7. The number of carbonyl (C=O) groups is 2. The second-order valence-electron chi connectivity index (χ2n) is 11.7. The zero-order valence-corrected chi connectivity index (χ0v) is 25.8. The molecule has 0 bridgehead atoms. The monoisotopic (exact) mass is 615 g/mol. The van der Waals surface area contributed by atoms with Gasteiger partial charge in [-0.05, 0) is 74.4 Å². The predicted octanol–water partition coefficient (Wildman–Crippen LogP) is 6.36. The summed E-state index contributed by atoms with van der Waals surface area (Å²) in [5.74, 6) is 1.62. The topological polar surface area (TPSA) is 43.9 Å². The Kier molecular flexibility index (Phi) is 10.2. The smallest absolute Gasteiger partial charge is 0.229 e. The molecule has 2 aromatic rings. The van der Waals surface area contributed by atoms with Gasteiger partial charge in [0.2, 0.25) is 11.8 Å². The summed E-state index contributed by atoms with van der Waals surface area (Å²) in [6.45, 7) is 10.4. The first-order chi connectivity index (χ1) is 18.4. The van der Waals surface area contributed by atoms with E-state index in [0.717, 1.165) is 75.8 Å². The molecule has 3 heterocycles. The molecule has 212 valence electrons. The molecule has 0 N–H and O–H groups in total. The second-order valence-corrected chi connectivity index (χ2v) is 12.6.